The summed E-state index contributed by atoms with van der Waals surface area (Å²) in [5.41, 5.74) is 10.4. The smallest absolute Gasteiger partial charge is 0.261 e. The molecule has 0 radical (unpaired) electrons. The summed E-state index contributed by atoms with van der Waals surface area (Å²) >= 11 is 3.04. The average Bonchev–Trinajstić information content (AvgIpc) is 2.89. The molecule has 0 aromatic heterocycles. The Labute approximate surface area is 222 Å². The van der Waals surface area contributed by atoms with Gasteiger partial charge in [-0.05, 0) is 80.4 Å². The number of likely N-dealkylation sites (tertiary alicyclic amines) is 1. The third kappa shape index (κ3) is 10.1. The number of nitrogens with one attached hydrogen (secondary N) is 4. The second-order valence-corrected chi connectivity index (χ2v) is 11.5. The van der Waals surface area contributed by atoms with Gasteiger partial charge in [-0.1, -0.05) is 19.1 Å². The van der Waals surface area contributed by atoms with E-state index in [-0.39, 0.29) is 4.90 Å². The third-order valence-corrected chi connectivity index (χ3v) is 8.07. The molecular weight excluding hydrogens is 518 g/mol. The first-order valence-electron chi connectivity index (χ1n) is 11.7. The van der Waals surface area contributed by atoms with Crippen molar-refractivity contribution in [3.05, 3.63) is 60.9 Å². The minimum absolute atomic E-state index is 0.121. The number of hydrogen-bond donors (Lipinski definition) is 4. The largest absolute Gasteiger partial charge is 0.386 e. The average molecular weight is 554 g/mol. The van der Waals surface area contributed by atoms with E-state index < -0.39 is 10.0 Å². The van der Waals surface area contributed by atoms with Gasteiger partial charge in [-0.2, -0.15) is 11.8 Å². The summed E-state index contributed by atoms with van der Waals surface area (Å²) in [5.74, 6) is 2.29. The van der Waals surface area contributed by atoms with Crippen LogP contribution in [0.1, 0.15) is 19.3 Å². The zero-order valence-corrected chi connectivity index (χ0v) is 22.9. The van der Waals surface area contributed by atoms with Gasteiger partial charge in [0.1, 0.15) is 12.5 Å². The molecule has 1 saturated heterocycles. The molecule has 3 rings (SSSR count). The zero-order valence-electron chi connectivity index (χ0n) is 20.5. The highest BCUT2D eigenvalue weighted by Gasteiger charge is 2.15. The Morgan fingerprint density at radius 1 is 1.06 bits per heavy atom. The van der Waals surface area contributed by atoms with Crippen LogP contribution in [0.5, 0.6) is 0 Å². The summed E-state index contributed by atoms with van der Waals surface area (Å²) in [6.07, 6.45) is 5.77. The standard InChI is InChI=1S/C24H35N5O4S3/c1-20(18-35-16-15-29-13-4-3-5-14-29)33-27-23-7-6-8-24(17-23)36(30,31)28-22-11-9-21(10-12-22)26-25-19-32-34-2/h6-12,17,25-28H,1,3-5,13-16,18-19H2,2H3. The lowest BCUT2D eigenvalue weighted by atomic mass is 10.1. The number of hydrogen-bond acceptors (Lipinski definition) is 10. The number of rotatable bonds is 16. The van der Waals surface area contributed by atoms with E-state index in [4.69, 9.17) is 9.02 Å². The number of hydrazine groups is 1. The summed E-state index contributed by atoms with van der Waals surface area (Å²) in [6.45, 7) is 7.75. The van der Waals surface area contributed by atoms with Crippen molar-refractivity contribution in [2.45, 2.75) is 24.2 Å². The van der Waals surface area contributed by atoms with Gasteiger partial charge < -0.3 is 15.2 Å². The number of thioether (sulfide) groups is 1. The fraction of sp³-hybridized carbons (Fsp3) is 0.417. The molecule has 0 amide bonds. The van der Waals surface area contributed by atoms with Gasteiger partial charge in [0, 0.05) is 29.9 Å². The Balaban J connectivity index is 1.43. The van der Waals surface area contributed by atoms with E-state index in [1.54, 1.807) is 48.2 Å². The van der Waals surface area contributed by atoms with Crippen LogP contribution in [0.2, 0.25) is 0 Å². The van der Waals surface area contributed by atoms with Crippen molar-refractivity contribution in [3.63, 3.8) is 0 Å². The predicted octanol–water partition coefficient (Wildman–Crippen LogP) is 4.73. The Bertz CT molecular complexity index is 1050. The van der Waals surface area contributed by atoms with E-state index in [0.29, 0.717) is 29.6 Å². The first-order valence-corrected chi connectivity index (χ1v) is 15.5. The molecule has 0 spiro atoms. The van der Waals surface area contributed by atoms with Gasteiger partial charge in [0.2, 0.25) is 0 Å². The van der Waals surface area contributed by atoms with Gasteiger partial charge in [-0.15, -0.1) is 0 Å². The Morgan fingerprint density at radius 2 is 1.81 bits per heavy atom. The van der Waals surface area contributed by atoms with Crippen LogP contribution < -0.4 is 21.1 Å². The van der Waals surface area contributed by atoms with Crippen molar-refractivity contribution in [3.8, 4) is 0 Å². The first-order chi connectivity index (χ1) is 17.5. The number of anilines is 3. The van der Waals surface area contributed by atoms with Crippen LogP contribution >= 0.6 is 23.8 Å². The molecule has 2 aromatic rings. The highest BCUT2D eigenvalue weighted by molar-refractivity contribution is 7.99. The van der Waals surface area contributed by atoms with Gasteiger partial charge in [0.05, 0.1) is 16.3 Å². The fourth-order valence-electron chi connectivity index (χ4n) is 3.51. The maximum atomic E-state index is 12.9. The molecule has 36 heavy (non-hydrogen) atoms. The van der Waals surface area contributed by atoms with Crippen LogP contribution in [-0.4, -0.2) is 57.4 Å². The van der Waals surface area contributed by atoms with E-state index in [9.17, 15) is 8.42 Å². The lowest BCUT2D eigenvalue weighted by Crippen LogP contribution is -2.31. The van der Waals surface area contributed by atoms with Crippen LogP contribution in [0.3, 0.4) is 0 Å². The molecule has 0 saturated carbocycles. The quantitative estimate of drug-likeness (QED) is 0.0767. The zero-order chi connectivity index (χ0) is 25.6. The Hall–Kier alpha value is -2.09. The lowest BCUT2D eigenvalue weighted by Gasteiger charge is -2.26. The van der Waals surface area contributed by atoms with Crippen LogP contribution in [0.25, 0.3) is 0 Å². The second-order valence-electron chi connectivity index (χ2n) is 8.14. The van der Waals surface area contributed by atoms with E-state index in [2.05, 4.69) is 32.5 Å². The molecule has 0 bridgehead atoms. The predicted molar refractivity (Wildman–Crippen MR) is 151 cm³/mol. The lowest BCUT2D eigenvalue weighted by molar-refractivity contribution is 0.242. The molecule has 1 aliphatic rings. The van der Waals surface area contributed by atoms with Crippen LogP contribution in [0, 0.1) is 0 Å². The molecule has 12 heteroatoms. The normalized spacial score (nSPS) is 14.2. The molecule has 198 valence electrons. The molecule has 4 N–H and O–H groups in total. The van der Waals surface area contributed by atoms with Crippen LogP contribution in [0.15, 0.2) is 65.8 Å². The van der Waals surface area contributed by atoms with Gasteiger partial charge in [0.15, 0.2) is 0 Å². The van der Waals surface area contributed by atoms with Crippen molar-refractivity contribution < 1.29 is 17.4 Å². The molecular formula is C24H35N5O4S3. The number of nitrogens with zero attached hydrogens (tertiary/aromatic N) is 1. The maximum Gasteiger partial charge on any atom is 0.261 e. The summed E-state index contributed by atoms with van der Waals surface area (Å²) in [7, 11) is -3.78. The van der Waals surface area contributed by atoms with E-state index in [0.717, 1.165) is 18.0 Å². The number of benzene rings is 2. The van der Waals surface area contributed by atoms with Gasteiger partial charge in [-0.3, -0.25) is 8.91 Å². The van der Waals surface area contributed by atoms with E-state index in [1.165, 1.54) is 56.5 Å². The summed E-state index contributed by atoms with van der Waals surface area (Å²) < 4.78 is 33.4. The van der Waals surface area contributed by atoms with Crippen molar-refractivity contribution in [2.24, 2.45) is 0 Å². The summed E-state index contributed by atoms with van der Waals surface area (Å²) in [5, 5.41) is 0. The fourth-order valence-corrected chi connectivity index (χ4v) is 5.61. The van der Waals surface area contributed by atoms with Crippen LogP contribution in [0.4, 0.5) is 17.1 Å². The molecule has 0 unspecified atom stereocenters. The summed E-state index contributed by atoms with van der Waals surface area (Å²) in [4.78, 5) is 8.17. The Kier molecular flexibility index (Phi) is 12.0. The van der Waals surface area contributed by atoms with E-state index in [1.807, 2.05) is 6.26 Å². The minimum Gasteiger partial charge on any atom is -0.386 e. The van der Waals surface area contributed by atoms with Gasteiger partial charge in [-0.25, -0.2) is 19.3 Å². The summed E-state index contributed by atoms with van der Waals surface area (Å²) in [6, 6.07) is 13.3. The highest BCUT2D eigenvalue weighted by Crippen LogP contribution is 2.21. The van der Waals surface area contributed by atoms with Gasteiger partial charge >= 0.3 is 0 Å². The maximum absolute atomic E-state index is 12.9. The molecule has 1 aliphatic heterocycles. The number of piperidine rings is 1. The monoisotopic (exact) mass is 553 g/mol. The molecule has 1 heterocycles. The molecule has 2 aromatic carbocycles. The van der Waals surface area contributed by atoms with Crippen molar-refractivity contribution >= 4 is 50.9 Å². The molecule has 9 nitrogen and oxygen atoms in total. The minimum atomic E-state index is -3.78. The van der Waals surface area contributed by atoms with Crippen molar-refractivity contribution in [2.75, 3.05) is 59.8 Å². The third-order valence-electron chi connectivity index (χ3n) is 5.34. The number of sulfonamides is 1. The van der Waals surface area contributed by atoms with Gasteiger partial charge in [0.25, 0.3) is 10.0 Å². The topological polar surface area (TPSA) is 104 Å². The van der Waals surface area contributed by atoms with E-state index >= 15 is 0 Å². The van der Waals surface area contributed by atoms with Crippen molar-refractivity contribution in [1.82, 2.24) is 10.3 Å². The van der Waals surface area contributed by atoms with Crippen LogP contribution in [-0.2, 0) is 19.0 Å². The molecule has 1 fully saturated rings. The first kappa shape index (κ1) is 28.5. The second kappa shape index (κ2) is 15.2. The highest BCUT2D eigenvalue weighted by atomic mass is 32.2. The SMILES string of the molecule is C=C(CSCCN1CCCCC1)ONc1cccc(S(=O)(=O)Nc2ccc(NNCOSC)cc2)c1. The van der Waals surface area contributed by atoms with Crippen molar-refractivity contribution in [1.29, 1.82) is 0 Å². The molecule has 0 aliphatic carbocycles. The molecule has 0 atom stereocenters. The Morgan fingerprint density at radius 3 is 2.56 bits per heavy atom.